The number of piperidine rings is 1. The lowest BCUT2D eigenvalue weighted by atomic mass is 9.99. The molecule has 4 fully saturated rings. The van der Waals surface area contributed by atoms with E-state index in [9.17, 15) is 55.5 Å². The molecular weight excluding hydrogens is 878 g/mol. The number of nitrogens with zero attached hydrogens (tertiary/aromatic N) is 3. The summed E-state index contributed by atoms with van der Waals surface area (Å²) in [7, 11) is 0. The maximum absolute atomic E-state index is 13.4. The fourth-order valence-electron chi connectivity index (χ4n) is 7.13. The van der Waals surface area contributed by atoms with Crippen molar-refractivity contribution in [2.45, 2.75) is 137 Å². The molecule has 7 amide bonds. The molecule has 0 spiro atoms. The maximum Gasteiger partial charge on any atom is 0.573 e. The van der Waals surface area contributed by atoms with Crippen LogP contribution in [0.3, 0.4) is 0 Å². The standard InChI is InChI=1S/C22H32N4O6.C10H10F3N3O3.C7H6F2.3C2H6/c1-14-20(29)26-12-5-8-17(26)22(31)32-13-9-18(27)24-11-4-7-16(24)21(30)25-10-3-2-6-15(25)19(28)23-14;11-10(12,13)19-7-3-1-6(2-4-7)16-9(18)15-5-8(14)17;1-5-2-6(8)4-7(9)3-5;3*1-2/h14-17H,2-13H2,1H3,(H,23,28);1-4H,5H2,(H2,14,17)(H2,15,16,18);2-4H,1H3;3*1-2H3. The average molecular weight is 944 g/mol. The Bertz CT molecular complexity index is 1840. The number of alkyl halides is 3. The molecule has 0 radical (unpaired) electrons. The van der Waals surface area contributed by atoms with Crippen molar-refractivity contribution in [3.8, 4) is 5.75 Å². The average Bonchev–Trinajstić information content (AvgIpc) is 3.99. The van der Waals surface area contributed by atoms with Crippen molar-refractivity contribution in [3.63, 3.8) is 0 Å². The van der Waals surface area contributed by atoms with E-state index in [0.29, 0.717) is 50.9 Å². The monoisotopic (exact) mass is 943 g/mol. The fourth-order valence-corrected chi connectivity index (χ4v) is 7.13. The van der Waals surface area contributed by atoms with Crippen LogP contribution in [0.15, 0.2) is 42.5 Å². The SMILES string of the molecule is CC.CC.CC.CC1NC(=O)C2CCCCN2C(=O)C2CCCN2C(=O)CCOC(=O)C2CCCN2C1=O.Cc1cc(F)cc(F)c1.NC(=O)CNC(=O)Nc1ccc(OC(F)(F)F)cc1. The summed E-state index contributed by atoms with van der Waals surface area (Å²) in [6, 6.07) is 4.46. The Balaban J connectivity index is 0.000000541. The smallest absolute Gasteiger partial charge is 0.464 e. The number of aryl methyl sites for hydroxylation is 1. The molecule has 16 nitrogen and oxygen atoms in total. The summed E-state index contributed by atoms with van der Waals surface area (Å²) in [6.45, 7) is 16.2. The van der Waals surface area contributed by atoms with Gasteiger partial charge in [0.15, 0.2) is 0 Å². The highest BCUT2D eigenvalue weighted by molar-refractivity contribution is 5.96. The van der Waals surface area contributed by atoms with Gasteiger partial charge < -0.3 is 45.9 Å². The van der Waals surface area contributed by atoms with Gasteiger partial charge in [0.1, 0.15) is 48.2 Å². The van der Waals surface area contributed by atoms with Gasteiger partial charge in [-0.25, -0.2) is 18.4 Å². The minimum atomic E-state index is -4.77. The van der Waals surface area contributed by atoms with Gasteiger partial charge in [0.25, 0.3) is 0 Å². The van der Waals surface area contributed by atoms with Crippen LogP contribution in [-0.4, -0.2) is 120 Å². The topological polar surface area (TPSA) is 210 Å². The van der Waals surface area contributed by atoms with Crippen molar-refractivity contribution in [2.24, 2.45) is 5.73 Å². The highest BCUT2D eigenvalue weighted by Crippen LogP contribution is 2.27. The van der Waals surface area contributed by atoms with Crippen LogP contribution in [0.5, 0.6) is 5.75 Å². The molecule has 5 N–H and O–H groups in total. The maximum atomic E-state index is 13.4. The number of fused-ring (bicyclic) bond motifs is 3. The first kappa shape index (κ1) is 58.0. The van der Waals surface area contributed by atoms with Gasteiger partial charge in [0.2, 0.25) is 29.5 Å². The lowest BCUT2D eigenvalue weighted by molar-refractivity contribution is -0.274. The summed E-state index contributed by atoms with van der Waals surface area (Å²) < 4.78 is 69.0. The number of rotatable bonds is 4. The van der Waals surface area contributed by atoms with Crippen molar-refractivity contribution in [1.82, 2.24) is 25.3 Å². The number of nitrogens with one attached hydrogen (secondary N) is 3. The number of hydrogen-bond donors (Lipinski definition) is 4. The molecule has 21 heteroatoms. The van der Waals surface area contributed by atoms with E-state index in [4.69, 9.17) is 10.5 Å². The molecule has 4 heterocycles. The van der Waals surface area contributed by atoms with Gasteiger partial charge in [0.05, 0.1) is 13.0 Å². The van der Waals surface area contributed by atoms with E-state index < -0.39 is 65.8 Å². The van der Waals surface area contributed by atoms with Gasteiger partial charge in [0, 0.05) is 31.4 Å². The second-order valence-electron chi connectivity index (χ2n) is 14.4. The third kappa shape index (κ3) is 19.2. The van der Waals surface area contributed by atoms with E-state index in [0.717, 1.165) is 37.5 Å². The Labute approximate surface area is 383 Å². The largest absolute Gasteiger partial charge is 0.573 e. The number of halogens is 5. The van der Waals surface area contributed by atoms with Crippen molar-refractivity contribution in [2.75, 3.05) is 38.1 Å². The number of amides is 7. The lowest BCUT2D eigenvalue weighted by Crippen LogP contribution is -2.59. The van der Waals surface area contributed by atoms with E-state index in [1.54, 1.807) is 23.6 Å². The zero-order chi connectivity index (χ0) is 50.1. The summed E-state index contributed by atoms with van der Waals surface area (Å²) >= 11 is 0. The molecule has 4 saturated heterocycles. The predicted octanol–water partition coefficient (Wildman–Crippen LogP) is 6.34. The number of benzene rings is 2. The second-order valence-corrected chi connectivity index (χ2v) is 14.4. The molecule has 0 aliphatic carbocycles. The fraction of sp³-hybridized carbons (Fsp3) is 0.578. The first-order valence-corrected chi connectivity index (χ1v) is 22.3. The molecule has 0 saturated carbocycles. The molecule has 4 aliphatic heterocycles. The van der Waals surface area contributed by atoms with Crippen LogP contribution in [0.2, 0.25) is 0 Å². The van der Waals surface area contributed by atoms with Gasteiger partial charge in [-0.05, 0) is 101 Å². The third-order valence-corrected chi connectivity index (χ3v) is 9.82. The number of ether oxygens (including phenoxy) is 2. The molecule has 370 valence electrons. The zero-order valence-electron chi connectivity index (χ0n) is 39.0. The van der Waals surface area contributed by atoms with Crippen LogP contribution in [0.1, 0.15) is 105 Å². The van der Waals surface area contributed by atoms with Crippen molar-refractivity contribution < 1.29 is 65.0 Å². The van der Waals surface area contributed by atoms with Gasteiger partial charge in [-0.1, -0.05) is 41.5 Å². The Morgan fingerprint density at radius 3 is 1.86 bits per heavy atom. The normalized spacial score (nSPS) is 20.6. The molecule has 2 aromatic carbocycles. The third-order valence-electron chi connectivity index (χ3n) is 9.82. The quantitative estimate of drug-likeness (QED) is 0.199. The number of hydrogen-bond acceptors (Lipinski definition) is 9. The number of anilines is 1. The highest BCUT2D eigenvalue weighted by atomic mass is 19.4. The summed E-state index contributed by atoms with van der Waals surface area (Å²) in [5.74, 6) is -3.83. The zero-order valence-corrected chi connectivity index (χ0v) is 39.0. The summed E-state index contributed by atoms with van der Waals surface area (Å²) in [5.41, 5.74) is 5.65. The van der Waals surface area contributed by atoms with E-state index in [1.807, 2.05) is 41.5 Å². The minimum absolute atomic E-state index is 0.00347. The van der Waals surface area contributed by atoms with Crippen LogP contribution in [-0.2, 0) is 33.5 Å². The highest BCUT2D eigenvalue weighted by Gasteiger charge is 2.43. The van der Waals surface area contributed by atoms with Gasteiger partial charge in [-0.2, -0.15) is 0 Å². The molecule has 2 aromatic rings. The van der Waals surface area contributed by atoms with Crippen molar-refractivity contribution >= 4 is 47.2 Å². The lowest BCUT2D eigenvalue weighted by Gasteiger charge is -2.38. The van der Waals surface area contributed by atoms with Gasteiger partial charge in [-0.3, -0.25) is 24.0 Å². The van der Waals surface area contributed by atoms with E-state index in [1.165, 1.54) is 29.2 Å². The van der Waals surface area contributed by atoms with Crippen LogP contribution in [0, 0.1) is 18.6 Å². The van der Waals surface area contributed by atoms with Crippen LogP contribution in [0.4, 0.5) is 32.4 Å². The van der Waals surface area contributed by atoms with Crippen LogP contribution < -0.4 is 26.4 Å². The Morgan fingerprint density at radius 1 is 0.773 bits per heavy atom. The van der Waals surface area contributed by atoms with Gasteiger partial charge in [-0.15, -0.1) is 13.2 Å². The van der Waals surface area contributed by atoms with Gasteiger partial charge >= 0.3 is 18.4 Å². The minimum Gasteiger partial charge on any atom is -0.464 e. The molecular formula is C45H66F5N7O9. The van der Waals surface area contributed by atoms with Crippen molar-refractivity contribution in [1.29, 1.82) is 0 Å². The predicted molar refractivity (Wildman–Crippen MR) is 236 cm³/mol. The first-order valence-electron chi connectivity index (χ1n) is 22.3. The number of cyclic esters (lactones) is 1. The van der Waals surface area contributed by atoms with E-state index in [2.05, 4.69) is 20.7 Å². The van der Waals surface area contributed by atoms with Crippen molar-refractivity contribution in [3.05, 3.63) is 59.7 Å². The first-order chi connectivity index (χ1) is 31.3. The summed E-state index contributed by atoms with van der Waals surface area (Å²) in [4.78, 5) is 91.1. The number of carbonyl (C=O) groups is 7. The molecule has 4 aliphatic rings. The van der Waals surface area contributed by atoms with Crippen LogP contribution in [0.25, 0.3) is 0 Å². The number of urea groups is 1. The van der Waals surface area contributed by atoms with E-state index in [-0.39, 0.29) is 48.9 Å². The summed E-state index contributed by atoms with van der Waals surface area (Å²) in [5, 5.41) is 7.21. The second kappa shape index (κ2) is 29.5. The Kier molecular flexibility index (Phi) is 25.9. The summed E-state index contributed by atoms with van der Waals surface area (Å²) in [6.07, 6.45) is -0.185. The van der Waals surface area contributed by atoms with Crippen LogP contribution >= 0.6 is 0 Å². The molecule has 66 heavy (non-hydrogen) atoms. The molecule has 4 unspecified atom stereocenters. The molecule has 4 atom stereocenters. The number of carbonyl (C=O) groups excluding carboxylic acids is 7. The Morgan fingerprint density at radius 2 is 1.30 bits per heavy atom. The number of nitrogens with two attached hydrogens (primary N) is 1. The van der Waals surface area contributed by atoms with E-state index >= 15 is 0 Å². The number of primary amides is 1. The Hall–Kier alpha value is -6.02. The molecule has 0 bridgehead atoms. The number of esters is 1. The molecule has 6 rings (SSSR count). The molecule has 0 aromatic heterocycles.